The van der Waals surface area contributed by atoms with E-state index in [1.165, 1.54) is 6.08 Å². The Morgan fingerprint density at radius 2 is 1.75 bits per heavy atom. The monoisotopic (exact) mass is 475 g/mol. The quantitative estimate of drug-likeness (QED) is 0.232. The van der Waals surface area contributed by atoms with E-state index in [0.717, 1.165) is 11.1 Å². The van der Waals surface area contributed by atoms with Crippen LogP contribution in [-0.4, -0.2) is 21.0 Å². The molecule has 1 unspecified atom stereocenters. The Bertz CT molecular complexity index is 869. The van der Waals surface area contributed by atoms with Gasteiger partial charge in [-0.05, 0) is 48.5 Å². The highest BCUT2D eigenvalue weighted by Gasteiger charge is 2.34. The van der Waals surface area contributed by atoms with Crippen LogP contribution in [0.4, 0.5) is 5.69 Å². The number of nitrogens with one attached hydrogen (secondary N) is 3. The zero-order chi connectivity index (χ0) is 20.7. The lowest BCUT2D eigenvalue weighted by molar-refractivity contribution is -0.117. The number of halogens is 4. The minimum Gasteiger partial charge on any atom is -0.339 e. The first-order chi connectivity index (χ1) is 13.2. The molecule has 0 aromatic heterocycles. The predicted octanol–water partition coefficient (Wildman–Crippen LogP) is 5.46. The number of alkyl halides is 3. The van der Waals surface area contributed by atoms with E-state index in [2.05, 4.69) is 16.0 Å². The van der Waals surface area contributed by atoms with Gasteiger partial charge in [-0.25, -0.2) is 0 Å². The Morgan fingerprint density at radius 3 is 2.39 bits per heavy atom. The molecule has 4 nitrogen and oxygen atoms in total. The van der Waals surface area contributed by atoms with Crippen LogP contribution in [0.2, 0.25) is 5.02 Å². The van der Waals surface area contributed by atoms with Crippen molar-refractivity contribution >= 4 is 81.4 Å². The van der Waals surface area contributed by atoms with E-state index in [4.69, 9.17) is 58.6 Å². The molecule has 0 aliphatic heterocycles. The van der Waals surface area contributed by atoms with Crippen LogP contribution in [0.1, 0.15) is 11.1 Å². The number of hydrogen-bond acceptors (Lipinski definition) is 2. The number of anilines is 1. The first-order valence-corrected chi connectivity index (χ1v) is 10.0. The second-order valence-electron chi connectivity index (χ2n) is 5.74. The van der Waals surface area contributed by atoms with Crippen molar-refractivity contribution in [3.63, 3.8) is 0 Å². The van der Waals surface area contributed by atoms with Crippen molar-refractivity contribution in [3.05, 3.63) is 70.8 Å². The Morgan fingerprint density at radius 1 is 1.07 bits per heavy atom. The van der Waals surface area contributed by atoms with E-state index >= 15 is 0 Å². The first-order valence-electron chi connectivity index (χ1n) is 8.10. The highest BCUT2D eigenvalue weighted by Crippen LogP contribution is 2.29. The number of carbonyl (C=O) groups is 1. The number of carbonyl (C=O) groups excluding carboxylic acids is 1. The number of amides is 1. The van der Waals surface area contributed by atoms with Crippen molar-refractivity contribution < 1.29 is 4.79 Å². The molecule has 3 N–H and O–H groups in total. The van der Waals surface area contributed by atoms with Gasteiger partial charge in [0.15, 0.2) is 5.11 Å². The second kappa shape index (κ2) is 10.3. The molecule has 2 aromatic rings. The van der Waals surface area contributed by atoms with Crippen LogP contribution in [0.15, 0.2) is 54.6 Å². The summed E-state index contributed by atoms with van der Waals surface area (Å²) in [6, 6.07) is 14.7. The molecule has 1 atom stereocenters. The smallest absolute Gasteiger partial charge is 0.245 e. The zero-order valence-electron chi connectivity index (χ0n) is 14.7. The van der Waals surface area contributed by atoms with Gasteiger partial charge in [0, 0.05) is 16.8 Å². The molecule has 0 fully saturated rings. The molecule has 0 bridgehead atoms. The van der Waals surface area contributed by atoms with Crippen molar-refractivity contribution in [2.45, 2.75) is 16.9 Å². The summed E-state index contributed by atoms with van der Waals surface area (Å²) < 4.78 is -1.84. The molecule has 2 rings (SSSR count). The minimum absolute atomic E-state index is 0.161. The van der Waals surface area contributed by atoms with E-state index in [9.17, 15) is 4.79 Å². The number of rotatable bonds is 5. The van der Waals surface area contributed by atoms with Gasteiger partial charge in [0.25, 0.3) is 0 Å². The summed E-state index contributed by atoms with van der Waals surface area (Å²) in [5.41, 5.74) is 2.38. The fourth-order valence-corrected chi connectivity index (χ4v) is 2.89. The molecule has 148 valence electrons. The van der Waals surface area contributed by atoms with Gasteiger partial charge in [0.1, 0.15) is 6.17 Å². The molecule has 0 spiro atoms. The van der Waals surface area contributed by atoms with E-state index < -0.39 is 15.9 Å². The largest absolute Gasteiger partial charge is 0.339 e. The molecular formula is C19H17Cl4N3OS. The van der Waals surface area contributed by atoms with Gasteiger partial charge in [0.2, 0.25) is 9.70 Å². The van der Waals surface area contributed by atoms with Crippen LogP contribution >= 0.6 is 58.6 Å². The maximum Gasteiger partial charge on any atom is 0.245 e. The zero-order valence-corrected chi connectivity index (χ0v) is 18.5. The van der Waals surface area contributed by atoms with E-state index in [1.807, 2.05) is 37.3 Å². The molecule has 0 saturated heterocycles. The van der Waals surface area contributed by atoms with Gasteiger partial charge in [-0.2, -0.15) is 0 Å². The fourth-order valence-electron chi connectivity index (χ4n) is 2.16. The molecule has 2 aromatic carbocycles. The van der Waals surface area contributed by atoms with Crippen molar-refractivity contribution in [1.29, 1.82) is 0 Å². The second-order valence-corrected chi connectivity index (χ2v) is 8.92. The Balaban J connectivity index is 2.03. The Hall–Kier alpha value is -1.50. The van der Waals surface area contributed by atoms with Crippen LogP contribution in [0, 0.1) is 6.92 Å². The Labute approximate surface area is 189 Å². The first kappa shape index (κ1) is 22.8. The minimum atomic E-state index is -1.84. The summed E-state index contributed by atoms with van der Waals surface area (Å²) >= 11 is 29.3. The lowest BCUT2D eigenvalue weighted by Crippen LogP contribution is -2.55. The van der Waals surface area contributed by atoms with Gasteiger partial charge in [-0.1, -0.05) is 82.8 Å². The molecule has 28 heavy (non-hydrogen) atoms. The van der Waals surface area contributed by atoms with Gasteiger partial charge >= 0.3 is 0 Å². The van der Waals surface area contributed by atoms with Gasteiger partial charge < -0.3 is 16.0 Å². The molecule has 0 aliphatic carbocycles. The standard InChI is InChI=1S/C19H17Cl4N3OS/c1-12-14(20)8-5-9-15(12)24-18(28)26-17(19(21,22)23)25-16(27)11-10-13-6-3-2-4-7-13/h2-11,17H,1H3,(H,25,27)(H2,24,26,28)/b11-10+. The number of thiocarbonyl (C=S) groups is 1. The third kappa shape index (κ3) is 7.15. The van der Waals surface area contributed by atoms with E-state index in [-0.39, 0.29) is 5.11 Å². The van der Waals surface area contributed by atoms with Crippen molar-refractivity contribution in [2.24, 2.45) is 0 Å². The van der Waals surface area contributed by atoms with Gasteiger partial charge in [-0.15, -0.1) is 0 Å². The van der Waals surface area contributed by atoms with Gasteiger partial charge in [0.05, 0.1) is 0 Å². The maximum atomic E-state index is 12.2. The van der Waals surface area contributed by atoms with E-state index in [1.54, 1.807) is 24.3 Å². The molecule has 0 aliphatic rings. The van der Waals surface area contributed by atoms with Crippen LogP contribution in [-0.2, 0) is 4.79 Å². The molecule has 0 heterocycles. The molecule has 0 radical (unpaired) electrons. The van der Waals surface area contributed by atoms with Crippen LogP contribution in [0.5, 0.6) is 0 Å². The summed E-state index contributed by atoms with van der Waals surface area (Å²) in [7, 11) is 0. The molecular weight excluding hydrogens is 460 g/mol. The maximum absolute atomic E-state index is 12.2. The lowest BCUT2D eigenvalue weighted by Gasteiger charge is -2.27. The molecule has 0 saturated carbocycles. The molecule has 9 heteroatoms. The van der Waals surface area contributed by atoms with E-state index in [0.29, 0.717) is 10.7 Å². The summed E-state index contributed by atoms with van der Waals surface area (Å²) in [5, 5.41) is 9.10. The fraction of sp³-hybridized carbons (Fsp3) is 0.158. The normalized spacial score (nSPS) is 12.5. The predicted molar refractivity (Wildman–Crippen MR) is 123 cm³/mol. The van der Waals surface area contributed by atoms with Crippen LogP contribution < -0.4 is 16.0 Å². The Kier molecular flexibility index (Phi) is 8.40. The highest BCUT2D eigenvalue weighted by molar-refractivity contribution is 7.80. The van der Waals surface area contributed by atoms with Crippen molar-refractivity contribution in [2.75, 3.05) is 5.32 Å². The summed E-state index contributed by atoms with van der Waals surface area (Å²) in [6.45, 7) is 1.84. The SMILES string of the molecule is Cc1c(Cl)cccc1NC(=S)NC(NC(=O)/C=C/c1ccccc1)C(Cl)(Cl)Cl. The number of hydrogen-bond donors (Lipinski definition) is 3. The lowest BCUT2D eigenvalue weighted by atomic mass is 10.2. The summed E-state index contributed by atoms with van der Waals surface area (Å²) in [5.74, 6) is -0.450. The summed E-state index contributed by atoms with van der Waals surface area (Å²) in [6.07, 6.45) is 1.93. The third-order valence-electron chi connectivity index (χ3n) is 3.63. The topological polar surface area (TPSA) is 53.2 Å². The van der Waals surface area contributed by atoms with Gasteiger partial charge in [-0.3, -0.25) is 4.79 Å². The summed E-state index contributed by atoms with van der Waals surface area (Å²) in [4.78, 5) is 12.2. The third-order valence-corrected chi connectivity index (χ3v) is 4.92. The average molecular weight is 477 g/mol. The van der Waals surface area contributed by atoms with Crippen LogP contribution in [0.3, 0.4) is 0 Å². The average Bonchev–Trinajstić information content (AvgIpc) is 2.63. The highest BCUT2D eigenvalue weighted by atomic mass is 35.6. The van der Waals surface area contributed by atoms with Crippen molar-refractivity contribution in [1.82, 2.24) is 10.6 Å². The number of benzene rings is 2. The molecule has 1 amide bonds. The van der Waals surface area contributed by atoms with Crippen molar-refractivity contribution in [3.8, 4) is 0 Å². The van der Waals surface area contributed by atoms with Crippen LogP contribution in [0.25, 0.3) is 6.08 Å².